The topological polar surface area (TPSA) is 57.3 Å². The summed E-state index contributed by atoms with van der Waals surface area (Å²) in [5, 5.41) is 7.61. The Morgan fingerprint density at radius 2 is 2.17 bits per heavy atom. The van der Waals surface area contributed by atoms with E-state index in [0.29, 0.717) is 13.1 Å². The molecule has 5 nitrogen and oxygen atoms in total. The molecule has 1 aromatic rings. The van der Waals surface area contributed by atoms with Gasteiger partial charge in [-0.05, 0) is 25.9 Å². The molecule has 0 spiro atoms. The lowest BCUT2D eigenvalue weighted by molar-refractivity contribution is 0.220. The monoisotopic (exact) mass is 268 g/mol. The maximum atomic E-state index is 11.5. The predicted molar refractivity (Wildman–Crippen MR) is 72.6 cm³/mol. The van der Waals surface area contributed by atoms with Gasteiger partial charge < -0.3 is 15.5 Å². The molecule has 1 aliphatic rings. The maximum absolute atomic E-state index is 11.5. The molecule has 2 N–H and O–H groups in total. The van der Waals surface area contributed by atoms with Gasteiger partial charge in [-0.25, -0.2) is 9.78 Å². The third-order valence-corrected chi connectivity index (χ3v) is 3.71. The third-order valence-electron chi connectivity index (χ3n) is 3.08. The van der Waals surface area contributed by atoms with Gasteiger partial charge in [0.1, 0.15) is 0 Å². The van der Waals surface area contributed by atoms with Crippen molar-refractivity contribution in [1.29, 1.82) is 0 Å². The average Bonchev–Trinajstić information content (AvgIpc) is 2.91. The molecular weight excluding hydrogens is 248 g/mol. The lowest BCUT2D eigenvalue weighted by Gasteiger charge is -2.26. The molecule has 2 rings (SSSR count). The zero-order chi connectivity index (χ0) is 12.6. The standard InChI is InChI=1S/C12H20N4OS/c17-12(14-8-11-9-18-10-15-11)13-4-7-16-5-2-1-3-6-16/h9-10H,1-8H2,(H2,13,14,17). The number of nitrogens with one attached hydrogen (secondary N) is 2. The van der Waals surface area contributed by atoms with Crippen LogP contribution in [0.15, 0.2) is 10.9 Å². The Balaban J connectivity index is 1.54. The van der Waals surface area contributed by atoms with Crippen molar-refractivity contribution in [3.8, 4) is 0 Å². The van der Waals surface area contributed by atoms with Gasteiger partial charge in [-0.15, -0.1) is 11.3 Å². The molecule has 1 aromatic heterocycles. The summed E-state index contributed by atoms with van der Waals surface area (Å²) in [6.07, 6.45) is 3.92. The van der Waals surface area contributed by atoms with Crippen molar-refractivity contribution in [1.82, 2.24) is 20.5 Å². The van der Waals surface area contributed by atoms with Crippen molar-refractivity contribution < 1.29 is 4.79 Å². The first-order valence-corrected chi connectivity index (χ1v) is 7.40. The number of urea groups is 1. The number of likely N-dealkylation sites (tertiary alicyclic amines) is 1. The van der Waals surface area contributed by atoms with E-state index in [1.807, 2.05) is 5.38 Å². The van der Waals surface area contributed by atoms with E-state index in [9.17, 15) is 4.79 Å². The third kappa shape index (κ3) is 4.62. The molecule has 0 atom stereocenters. The van der Waals surface area contributed by atoms with Crippen molar-refractivity contribution >= 4 is 17.4 Å². The molecule has 0 aromatic carbocycles. The summed E-state index contributed by atoms with van der Waals surface area (Å²) >= 11 is 1.54. The minimum Gasteiger partial charge on any atom is -0.337 e. The van der Waals surface area contributed by atoms with Crippen LogP contribution in [0.4, 0.5) is 4.79 Å². The van der Waals surface area contributed by atoms with E-state index in [0.717, 1.165) is 12.2 Å². The van der Waals surface area contributed by atoms with Crippen LogP contribution < -0.4 is 10.6 Å². The van der Waals surface area contributed by atoms with Crippen LogP contribution in [0.2, 0.25) is 0 Å². The lowest BCUT2D eigenvalue weighted by Crippen LogP contribution is -2.41. The highest BCUT2D eigenvalue weighted by molar-refractivity contribution is 7.07. The highest BCUT2D eigenvalue weighted by atomic mass is 32.1. The number of hydrogen-bond donors (Lipinski definition) is 2. The second-order valence-corrected chi connectivity index (χ2v) is 5.21. The zero-order valence-corrected chi connectivity index (χ0v) is 11.3. The van der Waals surface area contributed by atoms with Crippen LogP contribution in [0.25, 0.3) is 0 Å². The minimum absolute atomic E-state index is 0.111. The molecule has 18 heavy (non-hydrogen) atoms. The van der Waals surface area contributed by atoms with Crippen LogP contribution >= 0.6 is 11.3 Å². The Morgan fingerprint density at radius 1 is 1.33 bits per heavy atom. The van der Waals surface area contributed by atoms with Crippen LogP contribution in [0, 0.1) is 0 Å². The van der Waals surface area contributed by atoms with Crippen molar-refractivity contribution in [3.63, 3.8) is 0 Å². The Kier molecular flexibility index (Phi) is 5.41. The van der Waals surface area contributed by atoms with E-state index in [-0.39, 0.29) is 6.03 Å². The van der Waals surface area contributed by atoms with E-state index < -0.39 is 0 Å². The number of amides is 2. The van der Waals surface area contributed by atoms with Gasteiger partial charge in [0.05, 0.1) is 17.7 Å². The summed E-state index contributed by atoms with van der Waals surface area (Å²) in [7, 11) is 0. The van der Waals surface area contributed by atoms with E-state index in [2.05, 4.69) is 20.5 Å². The molecule has 1 aliphatic heterocycles. The maximum Gasteiger partial charge on any atom is 0.315 e. The molecule has 0 aliphatic carbocycles. The summed E-state index contributed by atoms with van der Waals surface area (Å²) in [5.41, 5.74) is 2.68. The molecule has 0 bridgehead atoms. The van der Waals surface area contributed by atoms with E-state index in [1.165, 1.54) is 43.7 Å². The van der Waals surface area contributed by atoms with Gasteiger partial charge in [-0.2, -0.15) is 0 Å². The number of piperidine rings is 1. The van der Waals surface area contributed by atoms with E-state index in [4.69, 9.17) is 0 Å². The van der Waals surface area contributed by atoms with Crippen LogP contribution in [0.1, 0.15) is 25.0 Å². The first-order valence-electron chi connectivity index (χ1n) is 6.46. The van der Waals surface area contributed by atoms with Crippen LogP contribution in [-0.2, 0) is 6.54 Å². The number of rotatable bonds is 5. The second-order valence-electron chi connectivity index (χ2n) is 4.49. The Morgan fingerprint density at radius 3 is 2.89 bits per heavy atom. The number of nitrogens with zero attached hydrogens (tertiary/aromatic N) is 2. The van der Waals surface area contributed by atoms with Gasteiger partial charge in [0.25, 0.3) is 0 Å². The number of carbonyl (C=O) groups is 1. The fourth-order valence-electron chi connectivity index (χ4n) is 2.07. The molecular formula is C12H20N4OS. The SMILES string of the molecule is O=C(NCCN1CCCCC1)NCc1cscn1. The number of hydrogen-bond acceptors (Lipinski definition) is 4. The Bertz CT molecular complexity index is 349. The molecule has 0 saturated carbocycles. The largest absolute Gasteiger partial charge is 0.337 e. The predicted octanol–water partition coefficient (Wildman–Crippen LogP) is 1.43. The van der Waals surface area contributed by atoms with Crippen LogP contribution in [-0.4, -0.2) is 42.1 Å². The summed E-state index contributed by atoms with van der Waals surface area (Å²) in [5.74, 6) is 0. The fourth-order valence-corrected chi connectivity index (χ4v) is 2.63. The molecule has 6 heteroatoms. The quantitative estimate of drug-likeness (QED) is 0.849. The highest BCUT2D eigenvalue weighted by Gasteiger charge is 2.09. The van der Waals surface area contributed by atoms with Crippen molar-refractivity contribution in [2.45, 2.75) is 25.8 Å². The summed E-state index contributed by atoms with van der Waals surface area (Å²) in [6, 6.07) is -0.111. The zero-order valence-electron chi connectivity index (χ0n) is 10.5. The molecule has 2 heterocycles. The van der Waals surface area contributed by atoms with Crippen molar-refractivity contribution in [3.05, 3.63) is 16.6 Å². The molecule has 1 fully saturated rings. The van der Waals surface area contributed by atoms with Gasteiger partial charge in [0.15, 0.2) is 0 Å². The highest BCUT2D eigenvalue weighted by Crippen LogP contribution is 2.07. The van der Waals surface area contributed by atoms with Crippen molar-refractivity contribution in [2.24, 2.45) is 0 Å². The molecule has 2 amide bonds. The summed E-state index contributed by atoms with van der Waals surface area (Å²) in [4.78, 5) is 18.0. The average molecular weight is 268 g/mol. The molecule has 1 saturated heterocycles. The molecule has 100 valence electrons. The number of thiazole rings is 1. The fraction of sp³-hybridized carbons (Fsp3) is 0.667. The summed E-state index contributed by atoms with van der Waals surface area (Å²) in [6.45, 7) is 4.50. The summed E-state index contributed by atoms with van der Waals surface area (Å²) < 4.78 is 0. The Labute approximate surface area is 112 Å². The van der Waals surface area contributed by atoms with Crippen molar-refractivity contribution in [2.75, 3.05) is 26.2 Å². The van der Waals surface area contributed by atoms with Gasteiger partial charge >= 0.3 is 6.03 Å². The lowest BCUT2D eigenvalue weighted by atomic mass is 10.1. The first-order chi connectivity index (χ1) is 8.84. The smallest absolute Gasteiger partial charge is 0.315 e. The van der Waals surface area contributed by atoms with E-state index in [1.54, 1.807) is 5.51 Å². The number of aromatic nitrogens is 1. The van der Waals surface area contributed by atoms with Gasteiger partial charge in [0.2, 0.25) is 0 Å². The van der Waals surface area contributed by atoms with Crippen LogP contribution in [0.5, 0.6) is 0 Å². The Hall–Kier alpha value is -1.14. The second kappa shape index (κ2) is 7.33. The number of carbonyl (C=O) groups excluding carboxylic acids is 1. The molecule has 0 unspecified atom stereocenters. The first kappa shape index (κ1) is 13.3. The van der Waals surface area contributed by atoms with Gasteiger partial charge in [0, 0.05) is 18.5 Å². The molecule has 0 radical (unpaired) electrons. The normalized spacial score (nSPS) is 16.4. The van der Waals surface area contributed by atoms with Gasteiger partial charge in [-0.1, -0.05) is 6.42 Å². The van der Waals surface area contributed by atoms with Crippen LogP contribution in [0.3, 0.4) is 0 Å². The van der Waals surface area contributed by atoms with Gasteiger partial charge in [-0.3, -0.25) is 0 Å². The van der Waals surface area contributed by atoms with E-state index >= 15 is 0 Å². The minimum atomic E-state index is -0.111.